The van der Waals surface area contributed by atoms with Gasteiger partial charge in [0.15, 0.2) is 15.9 Å². The molecular weight excluding hydrogens is 392 g/mol. The number of amides is 1. The predicted molar refractivity (Wildman–Crippen MR) is 94.7 cm³/mol. The molecule has 2 rings (SSSR count). The van der Waals surface area contributed by atoms with Crippen LogP contribution in [0.1, 0.15) is 6.92 Å². The van der Waals surface area contributed by atoms with Crippen LogP contribution in [0.15, 0.2) is 41.3 Å². The molecule has 1 amide bonds. The zero-order chi connectivity index (χ0) is 18.8. The van der Waals surface area contributed by atoms with Crippen LogP contribution in [-0.4, -0.2) is 26.7 Å². The van der Waals surface area contributed by atoms with Gasteiger partial charge in [0.25, 0.3) is 5.91 Å². The highest BCUT2D eigenvalue weighted by atomic mass is 35.5. The summed E-state index contributed by atoms with van der Waals surface area (Å²) in [6.45, 7) is 1.44. The molecule has 9 heteroatoms. The summed E-state index contributed by atoms with van der Waals surface area (Å²) in [7, 11) is -3.54. The normalized spacial score (nSPS) is 12.5. The lowest BCUT2D eigenvalue weighted by Crippen LogP contribution is -2.30. The van der Waals surface area contributed by atoms with Gasteiger partial charge in [0.05, 0.1) is 15.6 Å². The van der Waals surface area contributed by atoms with Gasteiger partial charge in [-0.2, -0.15) is 0 Å². The summed E-state index contributed by atoms with van der Waals surface area (Å²) in [6, 6.07) is 7.63. The molecule has 0 aliphatic heterocycles. The highest BCUT2D eigenvalue weighted by molar-refractivity contribution is 7.90. The Labute approximate surface area is 154 Å². The minimum Gasteiger partial charge on any atom is -0.479 e. The summed E-state index contributed by atoms with van der Waals surface area (Å²) in [6.07, 6.45) is -0.0277. The molecule has 0 aliphatic carbocycles. The minimum absolute atomic E-state index is 0.112. The second kappa shape index (κ2) is 7.59. The lowest BCUT2D eigenvalue weighted by Gasteiger charge is -2.16. The van der Waals surface area contributed by atoms with E-state index >= 15 is 0 Å². The van der Waals surface area contributed by atoms with E-state index in [9.17, 15) is 17.6 Å². The Bertz CT molecular complexity index is 918. The summed E-state index contributed by atoms with van der Waals surface area (Å²) in [5.41, 5.74) is -0.259. The highest BCUT2D eigenvalue weighted by Crippen LogP contribution is 2.28. The average Bonchev–Trinajstić information content (AvgIpc) is 2.50. The molecule has 1 N–H and O–H groups in total. The van der Waals surface area contributed by atoms with Crippen molar-refractivity contribution >= 4 is 44.6 Å². The number of carbonyl (C=O) groups is 1. The maximum atomic E-state index is 13.8. The van der Waals surface area contributed by atoms with Gasteiger partial charge < -0.3 is 10.1 Å². The van der Waals surface area contributed by atoms with Gasteiger partial charge in [-0.1, -0.05) is 23.2 Å². The smallest absolute Gasteiger partial charge is 0.265 e. The molecule has 0 unspecified atom stereocenters. The van der Waals surface area contributed by atoms with Gasteiger partial charge in [0.1, 0.15) is 11.6 Å². The molecular formula is C16H14Cl2FNO4S. The number of carbonyl (C=O) groups excluding carboxylic acids is 1. The topological polar surface area (TPSA) is 72.5 Å². The third kappa shape index (κ3) is 5.07. The fourth-order valence-corrected chi connectivity index (χ4v) is 2.98. The van der Waals surface area contributed by atoms with Gasteiger partial charge in [-0.3, -0.25) is 4.79 Å². The monoisotopic (exact) mass is 405 g/mol. The Morgan fingerprint density at radius 1 is 1.20 bits per heavy atom. The molecule has 0 aliphatic rings. The number of rotatable bonds is 5. The number of anilines is 1. The van der Waals surface area contributed by atoms with Crippen LogP contribution >= 0.6 is 23.2 Å². The average molecular weight is 406 g/mol. The van der Waals surface area contributed by atoms with Gasteiger partial charge in [0.2, 0.25) is 0 Å². The molecule has 0 heterocycles. The van der Waals surface area contributed by atoms with Gasteiger partial charge in [-0.25, -0.2) is 12.8 Å². The van der Waals surface area contributed by atoms with Gasteiger partial charge in [-0.05, 0) is 43.3 Å². The number of hydrogen-bond acceptors (Lipinski definition) is 4. The van der Waals surface area contributed by atoms with Crippen molar-refractivity contribution in [3.05, 3.63) is 52.3 Å². The van der Waals surface area contributed by atoms with Crippen molar-refractivity contribution in [2.75, 3.05) is 11.6 Å². The van der Waals surface area contributed by atoms with Crippen LogP contribution in [0.4, 0.5) is 10.1 Å². The standard InChI is InChI=1S/C16H14Cl2FNO4S/c1-9(24-15-6-3-10(17)7-12(15)18)16(21)20-14-8-11(25(2,22)23)4-5-13(14)19/h3-9H,1-2H3,(H,20,21)/t9-/m1/s1. The van der Waals surface area contributed by atoms with E-state index in [2.05, 4.69) is 5.32 Å². The van der Waals surface area contributed by atoms with E-state index in [1.165, 1.54) is 19.1 Å². The Hall–Kier alpha value is -1.83. The molecule has 0 saturated heterocycles. The molecule has 0 spiro atoms. The van der Waals surface area contributed by atoms with E-state index in [1.54, 1.807) is 6.07 Å². The molecule has 0 saturated carbocycles. The first kappa shape index (κ1) is 19.5. The fourth-order valence-electron chi connectivity index (χ4n) is 1.88. The second-order valence-corrected chi connectivity index (χ2v) is 8.10. The predicted octanol–water partition coefficient (Wildman–Crippen LogP) is 3.94. The van der Waals surface area contributed by atoms with Gasteiger partial charge in [-0.15, -0.1) is 0 Å². The van der Waals surface area contributed by atoms with Crippen LogP contribution in [0.5, 0.6) is 5.75 Å². The molecule has 1 atom stereocenters. The molecule has 2 aromatic rings. The van der Waals surface area contributed by atoms with E-state index in [0.717, 1.165) is 24.5 Å². The van der Waals surface area contributed by atoms with E-state index in [4.69, 9.17) is 27.9 Å². The number of benzene rings is 2. The molecule has 134 valence electrons. The zero-order valence-electron chi connectivity index (χ0n) is 13.2. The van der Waals surface area contributed by atoms with E-state index in [-0.39, 0.29) is 21.4 Å². The quantitative estimate of drug-likeness (QED) is 0.764. The van der Waals surface area contributed by atoms with Crippen molar-refractivity contribution in [3.8, 4) is 5.75 Å². The van der Waals surface area contributed by atoms with Crippen molar-refractivity contribution < 1.29 is 22.3 Å². The van der Waals surface area contributed by atoms with Crippen LogP contribution < -0.4 is 10.1 Å². The van der Waals surface area contributed by atoms with Gasteiger partial charge >= 0.3 is 0 Å². The van der Waals surface area contributed by atoms with E-state index in [0.29, 0.717) is 5.02 Å². The molecule has 0 radical (unpaired) electrons. The third-order valence-corrected chi connectivity index (χ3v) is 4.83. The molecule has 0 aromatic heterocycles. The maximum Gasteiger partial charge on any atom is 0.265 e. The van der Waals surface area contributed by atoms with Crippen LogP contribution in [0.3, 0.4) is 0 Å². The lowest BCUT2D eigenvalue weighted by molar-refractivity contribution is -0.122. The van der Waals surface area contributed by atoms with Crippen molar-refractivity contribution in [1.82, 2.24) is 0 Å². The third-order valence-electron chi connectivity index (χ3n) is 3.19. The molecule has 0 bridgehead atoms. The van der Waals surface area contributed by atoms with Crippen LogP contribution in [0, 0.1) is 5.82 Å². The van der Waals surface area contributed by atoms with Crippen molar-refractivity contribution in [2.24, 2.45) is 0 Å². The number of nitrogens with one attached hydrogen (secondary N) is 1. The summed E-state index contributed by atoms with van der Waals surface area (Å²) in [4.78, 5) is 12.1. The summed E-state index contributed by atoms with van der Waals surface area (Å²) in [5, 5.41) is 2.93. The number of sulfone groups is 1. The molecule has 25 heavy (non-hydrogen) atoms. The first-order valence-corrected chi connectivity index (χ1v) is 9.65. The summed E-state index contributed by atoms with van der Waals surface area (Å²) in [5.74, 6) is -1.20. The summed E-state index contributed by atoms with van der Waals surface area (Å²) >= 11 is 11.7. The molecule has 0 fully saturated rings. The first-order valence-electron chi connectivity index (χ1n) is 7.00. The number of hydrogen-bond donors (Lipinski definition) is 1. The highest BCUT2D eigenvalue weighted by Gasteiger charge is 2.19. The lowest BCUT2D eigenvalue weighted by atomic mass is 10.2. The van der Waals surface area contributed by atoms with Crippen LogP contribution in [-0.2, 0) is 14.6 Å². The van der Waals surface area contributed by atoms with Crippen molar-refractivity contribution in [2.45, 2.75) is 17.9 Å². The number of halogens is 3. The molecule has 2 aromatic carbocycles. The minimum atomic E-state index is -3.54. The Morgan fingerprint density at radius 2 is 1.88 bits per heavy atom. The van der Waals surface area contributed by atoms with Gasteiger partial charge in [0, 0.05) is 11.3 Å². The van der Waals surface area contributed by atoms with Crippen molar-refractivity contribution in [3.63, 3.8) is 0 Å². The molecule has 5 nitrogen and oxygen atoms in total. The van der Waals surface area contributed by atoms with Crippen molar-refractivity contribution in [1.29, 1.82) is 0 Å². The van der Waals surface area contributed by atoms with Crippen LogP contribution in [0.2, 0.25) is 10.0 Å². The van der Waals surface area contributed by atoms with E-state index < -0.39 is 27.7 Å². The largest absolute Gasteiger partial charge is 0.479 e. The summed E-state index contributed by atoms with van der Waals surface area (Å²) < 4.78 is 42.3. The van der Waals surface area contributed by atoms with Crippen LogP contribution in [0.25, 0.3) is 0 Å². The fraction of sp³-hybridized carbons (Fsp3) is 0.188. The zero-order valence-corrected chi connectivity index (χ0v) is 15.5. The first-order chi connectivity index (χ1) is 11.6. The Kier molecular flexibility index (Phi) is 5.92. The SMILES string of the molecule is C[C@@H](Oc1ccc(Cl)cc1Cl)C(=O)Nc1cc(S(C)(=O)=O)ccc1F. The number of ether oxygens (including phenoxy) is 1. The Balaban J connectivity index is 2.16. The Morgan fingerprint density at radius 3 is 2.48 bits per heavy atom. The van der Waals surface area contributed by atoms with E-state index in [1.807, 2.05) is 0 Å². The second-order valence-electron chi connectivity index (χ2n) is 5.24. The maximum absolute atomic E-state index is 13.8.